The molecular formula is C21H17ClN2O3S. The minimum Gasteiger partial charge on any atom is -0.457 e. The Kier molecular flexibility index (Phi) is 5.24. The molecule has 2 heterocycles. The number of nitrogens with zero attached hydrogens (tertiary/aromatic N) is 1. The molecule has 1 saturated heterocycles. The molecular weight excluding hydrogens is 396 g/mol. The Morgan fingerprint density at radius 1 is 1.14 bits per heavy atom. The number of hydrogen-bond donors (Lipinski definition) is 1. The summed E-state index contributed by atoms with van der Waals surface area (Å²) in [6, 6.07) is 13.2. The van der Waals surface area contributed by atoms with E-state index in [1.807, 2.05) is 36.4 Å². The molecule has 0 radical (unpaired) electrons. The van der Waals surface area contributed by atoms with Gasteiger partial charge in [0.05, 0.1) is 10.8 Å². The second kappa shape index (κ2) is 7.81. The Balaban J connectivity index is 1.60. The van der Waals surface area contributed by atoms with Gasteiger partial charge in [0.15, 0.2) is 0 Å². The Bertz CT molecular complexity index is 1090. The summed E-state index contributed by atoms with van der Waals surface area (Å²) >= 11 is 7.09. The van der Waals surface area contributed by atoms with Gasteiger partial charge in [0.1, 0.15) is 11.5 Å². The molecule has 7 heteroatoms. The highest BCUT2D eigenvalue weighted by molar-refractivity contribution is 8.15. The molecule has 0 spiro atoms. The van der Waals surface area contributed by atoms with Gasteiger partial charge in [0.2, 0.25) is 5.91 Å². The largest absolute Gasteiger partial charge is 0.457 e. The molecule has 2 amide bonds. The number of benzene rings is 2. The van der Waals surface area contributed by atoms with Gasteiger partial charge < -0.3 is 4.74 Å². The third-order valence-electron chi connectivity index (χ3n) is 4.62. The van der Waals surface area contributed by atoms with Gasteiger partial charge in [-0.05, 0) is 60.4 Å². The van der Waals surface area contributed by atoms with Gasteiger partial charge in [-0.2, -0.15) is 0 Å². The molecule has 0 saturated carbocycles. The predicted octanol–water partition coefficient (Wildman–Crippen LogP) is 5.14. The number of amides is 2. The highest BCUT2D eigenvalue weighted by Gasteiger charge is 2.31. The molecule has 0 aliphatic carbocycles. The fourth-order valence-corrected chi connectivity index (χ4v) is 4.25. The molecule has 142 valence electrons. The van der Waals surface area contributed by atoms with Crippen LogP contribution in [0.2, 0.25) is 5.02 Å². The number of imide groups is 1. The summed E-state index contributed by atoms with van der Waals surface area (Å²) in [5, 5.41) is 3.19. The maximum absolute atomic E-state index is 11.9. The van der Waals surface area contributed by atoms with Crippen LogP contribution in [0.4, 0.5) is 4.79 Å². The molecule has 1 N–H and O–H groups in total. The van der Waals surface area contributed by atoms with Crippen molar-refractivity contribution < 1.29 is 14.3 Å². The van der Waals surface area contributed by atoms with Crippen molar-refractivity contribution in [2.24, 2.45) is 0 Å². The average Bonchev–Trinajstić information content (AvgIpc) is 2.99. The molecule has 1 atom stereocenters. The van der Waals surface area contributed by atoms with E-state index in [1.165, 1.54) is 0 Å². The van der Waals surface area contributed by atoms with Crippen LogP contribution in [0.5, 0.6) is 11.5 Å². The monoisotopic (exact) mass is 412 g/mol. The molecule has 1 unspecified atom stereocenters. The minimum atomic E-state index is -0.376. The lowest BCUT2D eigenvalue weighted by atomic mass is 10.00. The summed E-state index contributed by atoms with van der Waals surface area (Å²) in [6.07, 6.45) is 3.00. The summed E-state index contributed by atoms with van der Waals surface area (Å²) in [6.45, 7) is 2.06. The number of aryl methyl sites for hydroxylation is 1. The molecule has 4 rings (SSSR count). The van der Waals surface area contributed by atoms with Gasteiger partial charge in [-0.3, -0.25) is 19.9 Å². The molecule has 1 aromatic heterocycles. The minimum absolute atomic E-state index is 0.223. The number of aromatic nitrogens is 1. The third kappa shape index (κ3) is 3.84. The van der Waals surface area contributed by atoms with Crippen LogP contribution in [-0.2, 0) is 17.6 Å². The van der Waals surface area contributed by atoms with Gasteiger partial charge in [-0.1, -0.05) is 36.4 Å². The zero-order valence-electron chi connectivity index (χ0n) is 15.1. The fourth-order valence-electron chi connectivity index (χ4n) is 3.23. The zero-order valence-corrected chi connectivity index (χ0v) is 16.6. The van der Waals surface area contributed by atoms with Gasteiger partial charge in [-0.25, -0.2) is 0 Å². The molecule has 2 aromatic carbocycles. The number of carbonyl (C=O) groups is 2. The van der Waals surface area contributed by atoms with Crippen LogP contribution in [0.1, 0.15) is 18.1 Å². The van der Waals surface area contributed by atoms with E-state index in [-0.39, 0.29) is 16.4 Å². The summed E-state index contributed by atoms with van der Waals surface area (Å²) in [5.41, 5.74) is 2.90. The maximum Gasteiger partial charge on any atom is 0.286 e. The molecule has 28 heavy (non-hydrogen) atoms. The SMILES string of the molecule is CCc1cc(Oc2ccnc3cc(Cl)ccc23)ccc1CC1SC(=O)NC1=O. The summed E-state index contributed by atoms with van der Waals surface area (Å²) in [5.74, 6) is 1.19. The van der Waals surface area contributed by atoms with Crippen molar-refractivity contribution in [3.63, 3.8) is 0 Å². The number of halogens is 1. The first-order valence-corrected chi connectivity index (χ1v) is 10.1. The van der Waals surface area contributed by atoms with E-state index >= 15 is 0 Å². The third-order valence-corrected chi connectivity index (χ3v) is 5.84. The van der Waals surface area contributed by atoms with Crippen LogP contribution < -0.4 is 10.1 Å². The second-order valence-electron chi connectivity index (χ2n) is 6.44. The van der Waals surface area contributed by atoms with Crippen molar-refractivity contribution >= 4 is 45.4 Å². The van der Waals surface area contributed by atoms with Crippen LogP contribution in [0.25, 0.3) is 10.9 Å². The highest BCUT2D eigenvalue weighted by Crippen LogP contribution is 2.32. The highest BCUT2D eigenvalue weighted by atomic mass is 35.5. The Morgan fingerprint density at radius 2 is 2.00 bits per heavy atom. The average molecular weight is 413 g/mol. The van der Waals surface area contributed by atoms with Crippen molar-refractivity contribution in [1.29, 1.82) is 0 Å². The zero-order chi connectivity index (χ0) is 19.7. The van der Waals surface area contributed by atoms with E-state index in [2.05, 4.69) is 17.2 Å². The Hall–Kier alpha value is -2.57. The smallest absolute Gasteiger partial charge is 0.286 e. The van der Waals surface area contributed by atoms with E-state index in [9.17, 15) is 9.59 Å². The van der Waals surface area contributed by atoms with E-state index < -0.39 is 0 Å². The maximum atomic E-state index is 11.9. The van der Waals surface area contributed by atoms with Crippen LogP contribution in [0.3, 0.4) is 0 Å². The first-order chi connectivity index (χ1) is 13.5. The van der Waals surface area contributed by atoms with Crippen LogP contribution in [0.15, 0.2) is 48.7 Å². The number of pyridine rings is 1. The Labute approximate surface area is 171 Å². The van der Waals surface area contributed by atoms with Gasteiger partial charge in [0.25, 0.3) is 5.24 Å². The fraction of sp³-hybridized carbons (Fsp3) is 0.190. The van der Waals surface area contributed by atoms with Crippen molar-refractivity contribution in [1.82, 2.24) is 10.3 Å². The Morgan fingerprint density at radius 3 is 2.75 bits per heavy atom. The predicted molar refractivity (Wildman–Crippen MR) is 111 cm³/mol. The molecule has 1 aliphatic rings. The van der Waals surface area contributed by atoms with Crippen LogP contribution >= 0.6 is 23.4 Å². The van der Waals surface area contributed by atoms with E-state index in [0.29, 0.717) is 22.9 Å². The summed E-state index contributed by atoms with van der Waals surface area (Å²) in [4.78, 5) is 27.6. The number of fused-ring (bicyclic) bond motifs is 1. The number of thioether (sulfide) groups is 1. The first kappa shape index (κ1) is 18.8. The van der Waals surface area contributed by atoms with Gasteiger partial charge in [0, 0.05) is 16.6 Å². The van der Waals surface area contributed by atoms with Crippen molar-refractivity contribution in [2.75, 3.05) is 0 Å². The lowest BCUT2D eigenvalue weighted by Gasteiger charge is -2.14. The topological polar surface area (TPSA) is 68.3 Å². The van der Waals surface area contributed by atoms with Crippen LogP contribution in [0, 0.1) is 0 Å². The van der Waals surface area contributed by atoms with Crippen molar-refractivity contribution in [3.8, 4) is 11.5 Å². The standard InChI is InChI=1S/C21H17ClN2O3S/c1-2-12-9-15(5-3-13(12)10-19-20(25)24-21(26)28-19)27-18-7-8-23-17-11-14(22)4-6-16(17)18/h3-9,11,19H,2,10H2,1H3,(H,24,25,26). The van der Waals surface area contributed by atoms with Crippen LogP contribution in [-0.4, -0.2) is 21.4 Å². The number of rotatable bonds is 5. The van der Waals surface area contributed by atoms with Crippen molar-refractivity contribution in [2.45, 2.75) is 25.0 Å². The lowest BCUT2D eigenvalue weighted by molar-refractivity contribution is -0.118. The molecule has 5 nitrogen and oxygen atoms in total. The van der Waals surface area contributed by atoms with Crippen molar-refractivity contribution in [3.05, 3.63) is 64.8 Å². The molecule has 3 aromatic rings. The normalized spacial score (nSPS) is 16.4. The number of hydrogen-bond acceptors (Lipinski definition) is 5. The summed E-state index contributed by atoms with van der Waals surface area (Å²) < 4.78 is 6.12. The summed E-state index contributed by atoms with van der Waals surface area (Å²) in [7, 11) is 0. The van der Waals surface area contributed by atoms with Gasteiger partial charge >= 0.3 is 0 Å². The van der Waals surface area contributed by atoms with Gasteiger partial charge in [-0.15, -0.1) is 0 Å². The lowest BCUT2D eigenvalue weighted by Crippen LogP contribution is -2.25. The van der Waals surface area contributed by atoms with E-state index in [4.69, 9.17) is 16.3 Å². The molecule has 1 fully saturated rings. The van der Waals surface area contributed by atoms with E-state index in [0.717, 1.165) is 40.2 Å². The quantitative estimate of drug-likeness (QED) is 0.628. The first-order valence-electron chi connectivity index (χ1n) is 8.89. The molecule has 0 bridgehead atoms. The number of carbonyl (C=O) groups excluding carboxylic acids is 2. The number of nitrogens with one attached hydrogen (secondary N) is 1. The molecule has 1 aliphatic heterocycles. The van der Waals surface area contributed by atoms with E-state index in [1.54, 1.807) is 12.3 Å². The number of ether oxygens (including phenoxy) is 1. The second-order valence-corrected chi connectivity index (χ2v) is 8.06.